The highest BCUT2D eigenvalue weighted by Crippen LogP contribution is 2.23. The second-order valence-electron chi connectivity index (χ2n) is 7.67. The van der Waals surface area contributed by atoms with E-state index in [-0.39, 0.29) is 16.7 Å². The Balaban J connectivity index is 2.83. The summed E-state index contributed by atoms with van der Waals surface area (Å²) in [6.45, 7) is 14.1. The minimum absolute atomic E-state index is 0.0424. The molecule has 0 saturated carbocycles. The number of halogens is 1. The van der Waals surface area contributed by atoms with Gasteiger partial charge in [-0.15, -0.1) is 0 Å². The molecule has 4 heteroatoms. The molecule has 0 aliphatic rings. The zero-order valence-corrected chi connectivity index (χ0v) is 16.1. The highest BCUT2D eigenvalue weighted by Gasteiger charge is 2.22. The summed E-state index contributed by atoms with van der Waals surface area (Å²) in [5, 5.41) is 6.51. The summed E-state index contributed by atoms with van der Waals surface area (Å²) in [6.07, 6.45) is 0. The van der Waals surface area contributed by atoms with Gasteiger partial charge >= 0.3 is 0 Å². The van der Waals surface area contributed by atoms with Crippen LogP contribution in [0.3, 0.4) is 0 Å². The fourth-order valence-electron chi connectivity index (χ4n) is 1.71. The van der Waals surface area contributed by atoms with Gasteiger partial charge in [-0.25, -0.2) is 0 Å². The summed E-state index contributed by atoms with van der Waals surface area (Å²) in [5.74, 6) is 0.0424. The molecule has 21 heavy (non-hydrogen) atoms. The number of carbonyl (C=O) groups is 1. The second kappa shape index (κ2) is 7.09. The van der Waals surface area contributed by atoms with Gasteiger partial charge in [-0.05, 0) is 51.8 Å². The predicted octanol–water partition coefficient (Wildman–Crippen LogP) is 4.41. The predicted molar refractivity (Wildman–Crippen MR) is 98.4 cm³/mol. The third-order valence-electron chi connectivity index (χ3n) is 2.97. The monoisotopic (exact) mass is 402 g/mol. The first-order valence-electron chi connectivity index (χ1n) is 7.30. The van der Waals surface area contributed by atoms with Crippen LogP contribution in [0, 0.1) is 14.4 Å². The Kier molecular flexibility index (Phi) is 6.23. The van der Waals surface area contributed by atoms with E-state index in [9.17, 15) is 4.79 Å². The average Bonchev–Trinajstić information content (AvgIpc) is 2.29. The first kappa shape index (κ1) is 18.4. The third kappa shape index (κ3) is 6.78. The number of carbonyl (C=O) groups excluding carboxylic acids is 1. The number of rotatable bonds is 4. The van der Waals surface area contributed by atoms with Crippen molar-refractivity contribution in [3.63, 3.8) is 0 Å². The lowest BCUT2D eigenvalue weighted by atomic mass is 9.95. The highest BCUT2D eigenvalue weighted by molar-refractivity contribution is 14.1. The highest BCUT2D eigenvalue weighted by atomic mass is 127. The van der Waals surface area contributed by atoms with Gasteiger partial charge in [0, 0.05) is 27.8 Å². The summed E-state index contributed by atoms with van der Waals surface area (Å²) in [7, 11) is 0. The molecule has 1 aromatic carbocycles. The van der Waals surface area contributed by atoms with E-state index in [1.165, 1.54) is 3.57 Å². The van der Waals surface area contributed by atoms with Crippen LogP contribution in [-0.4, -0.2) is 12.5 Å². The van der Waals surface area contributed by atoms with E-state index in [1.54, 1.807) is 0 Å². The summed E-state index contributed by atoms with van der Waals surface area (Å²) in [6, 6.07) is 6.13. The minimum Gasteiger partial charge on any atom is -0.325 e. The Bertz CT molecular complexity index is 498. The summed E-state index contributed by atoms with van der Waals surface area (Å²) in [5.41, 5.74) is 1.89. The maximum absolute atomic E-state index is 12.2. The van der Waals surface area contributed by atoms with Crippen molar-refractivity contribution in [1.82, 2.24) is 5.32 Å². The van der Waals surface area contributed by atoms with Crippen molar-refractivity contribution in [3.8, 4) is 0 Å². The number of amides is 1. The largest absolute Gasteiger partial charge is 0.325 e. The molecular weight excluding hydrogens is 375 g/mol. The molecule has 0 heterocycles. The van der Waals surface area contributed by atoms with Crippen LogP contribution in [0.5, 0.6) is 0 Å². The van der Waals surface area contributed by atoms with E-state index >= 15 is 0 Å². The van der Waals surface area contributed by atoms with E-state index in [4.69, 9.17) is 0 Å². The van der Waals surface area contributed by atoms with Crippen molar-refractivity contribution in [2.24, 2.45) is 10.8 Å². The van der Waals surface area contributed by atoms with Gasteiger partial charge in [-0.2, -0.15) is 0 Å². The maximum atomic E-state index is 12.2. The summed E-state index contributed by atoms with van der Waals surface area (Å²) < 4.78 is 1.17. The van der Waals surface area contributed by atoms with Crippen molar-refractivity contribution < 1.29 is 4.79 Å². The molecule has 0 bridgehead atoms. The Morgan fingerprint density at radius 3 is 2.29 bits per heavy atom. The molecule has 0 atom stereocenters. The standard InChI is InChI=1S/C17H27IN2O/c1-16(2,3)11-19-10-12-9-13(18)7-8-14(12)20-15(21)17(4,5)6/h7-9,19H,10-11H2,1-6H3,(H,20,21). The second-order valence-corrected chi connectivity index (χ2v) is 8.92. The van der Waals surface area contributed by atoms with E-state index in [0.717, 1.165) is 24.3 Å². The Morgan fingerprint density at radius 1 is 1.14 bits per heavy atom. The fraction of sp³-hybridized carbons (Fsp3) is 0.588. The van der Waals surface area contributed by atoms with Crippen molar-refractivity contribution >= 4 is 34.2 Å². The fourth-order valence-corrected chi connectivity index (χ4v) is 2.27. The van der Waals surface area contributed by atoms with Crippen molar-refractivity contribution in [2.75, 3.05) is 11.9 Å². The smallest absolute Gasteiger partial charge is 0.229 e. The van der Waals surface area contributed by atoms with Gasteiger partial charge in [-0.1, -0.05) is 41.5 Å². The van der Waals surface area contributed by atoms with Gasteiger partial charge in [0.25, 0.3) is 0 Å². The number of nitrogens with one attached hydrogen (secondary N) is 2. The molecule has 0 saturated heterocycles. The molecule has 0 radical (unpaired) electrons. The lowest BCUT2D eigenvalue weighted by Crippen LogP contribution is -2.29. The molecule has 0 aromatic heterocycles. The zero-order valence-electron chi connectivity index (χ0n) is 13.9. The molecule has 0 unspecified atom stereocenters. The first-order chi connectivity index (χ1) is 9.49. The van der Waals surface area contributed by atoms with Crippen LogP contribution >= 0.6 is 22.6 Å². The summed E-state index contributed by atoms with van der Waals surface area (Å²) in [4.78, 5) is 12.2. The number of hydrogen-bond acceptors (Lipinski definition) is 2. The van der Waals surface area contributed by atoms with Crippen LogP contribution in [0.25, 0.3) is 0 Å². The van der Waals surface area contributed by atoms with Crippen LogP contribution in [-0.2, 0) is 11.3 Å². The molecule has 0 spiro atoms. The zero-order chi connectivity index (χ0) is 16.3. The molecule has 0 fully saturated rings. The van der Waals surface area contributed by atoms with Gasteiger partial charge in [-0.3, -0.25) is 4.79 Å². The van der Waals surface area contributed by atoms with Gasteiger partial charge in [0.1, 0.15) is 0 Å². The third-order valence-corrected chi connectivity index (χ3v) is 3.64. The lowest BCUT2D eigenvalue weighted by molar-refractivity contribution is -0.123. The van der Waals surface area contributed by atoms with Gasteiger partial charge in [0.05, 0.1) is 0 Å². The Labute approximate surface area is 142 Å². The van der Waals surface area contributed by atoms with Crippen LogP contribution in [0.15, 0.2) is 18.2 Å². The van der Waals surface area contributed by atoms with Gasteiger partial charge in [0.2, 0.25) is 5.91 Å². The van der Waals surface area contributed by atoms with E-state index in [0.29, 0.717) is 0 Å². The van der Waals surface area contributed by atoms with E-state index < -0.39 is 0 Å². The normalized spacial score (nSPS) is 12.3. The van der Waals surface area contributed by atoms with E-state index in [1.807, 2.05) is 32.9 Å². The quantitative estimate of drug-likeness (QED) is 0.733. The Morgan fingerprint density at radius 2 is 1.76 bits per heavy atom. The molecule has 0 aliphatic carbocycles. The SMILES string of the molecule is CC(C)(C)CNCc1cc(I)ccc1NC(=O)C(C)(C)C. The molecular formula is C17H27IN2O. The van der Waals surface area contributed by atoms with Crippen LogP contribution in [0.1, 0.15) is 47.1 Å². The van der Waals surface area contributed by atoms with Crippen molar-refractivity contribution in [1.29, 1.82) is 0 Å². The number of benzene rings is 1. The topological polar surface area (TPSA) is 41.1 Å². The molecule has 2 N–H and O–H groups in total. The molecule has 1 rings (SSSR count). The van der Waals surface area contributed by atoms with E-state index in [2.05, 4.69) is 60.1 Å². The molecule has 118 valence electrons. The molecule has 1 amide bonds. The van der Waals surface area contributed by atoms with Gasteiger partial charge in [0.15, 0.2) is 0 Å². The van der Waals surface area contributed by atoms with Gasteiger partial charge < -0.3 is 10.6 Å². The van der Waals surface area contributed by atoms with Crippen molar-refractivity contribution in [2.45, 2.75) is 48.1 Å². The van der Waals surface area contributed by atoms with Crippen LogP contribution in [0.2, 0.25) is 0 Å². The van der Waals surface area contributed by atoms with Crippen LogP contribution in [0.4, 0.5) is 5.69 Å². The lowest BCUT2D eigenvalue weighted by Gasteiger charge is -2.21. The minimum atomic E-state index is -0.390. The molecule has 1 aromatic rings. The average molecular weight is 402 g/mol. The summed E-state index contributed by atoms with van der Waals surface area (Å²) >= 11 is 2.30. The maximum Gasteiger partial charge on any atom is 0.229 e. The number of anilines is 1. The number of hydrogen-bond donors (Lipinski definition) is 2. The molecule has 0 aliphatic heterocycles. The van der Waals surface area contributed by atoms with Crippen molar-refractivity contribution in [3.05, 3.63) is 27.3 Å². The first-order valence-corrected chi connectivity index (χ1v) is 8.37. The Hall–Kier alpha value is -0.620. The molecule has 3 nitrogen and oxygen atoms in total. The van der Waals surface area contributed by atoms with Crippen LogP contribution < -0.4 is 10.6 Å².